The minimum absolute atomic E-state index is 0.0303. The number of amides is 3. The molecule has 2 aliphatic heterocycles. The Kier molecular flexibility index (Phi) is 7.60. The number of anilines is 1. The van der Waals surface area contributed by atoms with Gasteiger partial charge in [-0.05, 0) is 44.0 Å². The number of hydrogen-bond acceptors (Lipinski definition) is 6. The van der Waals surface area contributed by atoms with Gasteiger partial charge in [-0.2, -0.15) is 0 Å². The summed E-state index contributed by atoms with van der Waals surface area (Å²) >= 11 is 6.52. The molecule has 3 heterocycles. The summed E-state index contributed by atoms with van der Waals surface area (Å²) in [5.41, 5.74) is 2.75. The van der Waals surface area contributed by atoms with E-state index in [1.165, 1.54) is 21.5 Å². The molecule has 0 saturated carbocycles. The molecule has 0 N–H and O–H groups in total. The molecule has 2 aliphatic rings. The molecule has 0 spiro atoms. The maximum atomic E-state index is 12.9. The Balaban J connectivity index is 1.14. The van der Waals surface area contributed by atoms with E-state index in [0.29, 0.717) is 24.7 Å². The van der Waals surface area contributed by atoms with Gasteiger partial charge in [-0.1, -0.05) is 46.3 Å². The van der Waals surface area contributed by atoms with E-state index in [-0.39, 0.29) is 29.9 Å². The number of nitrogens with zero attached hydrogens (tertiary/aromatic N) is 3. The fourth-order valence-corrected chi connectivity index (χ4v) is 7.10. The van der Waals surface area contributed by atoms with Crippen LogP contribution < -0.4 is 4.90 Å². The van der Waals surface area contributed by atoms with Gasteiger partial charge in [0.25, 0.3) is 0 Å². The zero-order valence-electron chi connectivity index (χ0n) is 19.9. The van der Waals surface area contributed by atoms with Crippen LogP contribution in [0.3, 0.4) is 0 Å². The van der Waals surface area contributed by atoms with E-state index in [4.69, 9.17) is 4.98 Å². The molecule has 1 unspecified atom stereocenters. The van der Waals surface area contributed by atoms with Crippen molar-refractivity contribution in [3.8, 4) is 11.3 Å². The van der Waals surface area contributed by atoms with Gasteiger partial charge in [0.05, 0.1) is 27.4 Å². The fraction of sp³-hybridized carbons (Fsp3) is 0.333. The number of piperidine rings is 1. The van der Waals surface area contributed by atoms with E-state index in [0.717, 1.165) is 33.6 Å². The summed E-state index contributed by atoms with van der Waals surface area (Å²) in [6, 6.07) is 17.2. The smallest absolute Gasteiger partial charge is 0.247 e. The average Bonchev–Trinajstić information content (AvgIpc) is 3.42. The van der Waals surface area contributed by atoms with Crippen LogP contribution >= 0.6 is 39.0 Å². The van der Waals surface area contributed by atoms with Crippen molar-refractivity contribution in [2.45, 2.75) is 37.4 Å². The third kappa shape index (κ3) is 5.28. The number of aryl methyl sites for hydroxylation is 1. The van der Waals surface area contributed by atoms with E-state index < -0.39 is 5.25 Å². The number of likely N-dealkylation sites (tertiary alicyclic amines) is 1. The van der Waals surface area contributed by atoms with Crippen molar-refractivity contribution < 1.29 is 14.4 Å². The lowest BCUT2D eigenvalue weighted by molar-refractivity contribution is -0.129. The molecule has 3 amide bonds. The first-order chi connectivity index (χ1) is 17.4. The number of carbonyl (C=O) groups is 3. The van der Waals surface area contributed by atoms with Gasteiger partial charge < -0.3 is 4.90 Å². The molecule has 1 aromatic heterocycles. The van der Waals surface area contributed by atoms with Crippen LogP contribution in [-0.4, -0.2) is 51.7 Å². The van der Waals surface area contributed by atoms with Gasteiger partial charge >= 0.3 is 0 Å². The summed E-state index contributed by atoms with van der Waals surface area (Å²) in [5.74, 6) is 0.147. The molecule has 0 radical (unpaired) electrons. The Morgan fingerprint density at radius 3 is 2.47 bits per heavy atom. The van der Waals surface area contributed by atoms with E-state index in [9.17, 15) is 14.4 Å². The minimum Gasteiger partial charge on any atom is -0.342 e. The summed E-state index contributed by atoms with van der Waals surface area (Å²) < 4.78 is 1.05. The molecule has 2 saturated heterocycles. The molecule has 5 rings (SSSR count). The summed E-state index contributed by atoms with van der Waals surface area (Å²) in [4.78, 5) is 47.4. The lowest BCUT2D eigenvalue weighted by Gasteiger charge is -2.31. The zero-order chi connectivity index (χ0) is 25.2. The van der Waals surface area contributed by atoms with Gasteiger partial charge in [-0.15, -0.1) is 23.1 Å². The maximum absolute atomic E-state index is 12.9. The first-order valence-electron chi connectivity index (χ1n) is 11.9. The Labute approximate surface area is 227 Å². The van der Waals surface area contributed by atoms with Crippen LogP contribution in [0.5, 0.6) is 0 Å². The van der Waals surface area contributed by atoms with Crippen molar-refractivity contribution in [1.29, 1.82) is 0 Å². The highest BCUT2D eigenvalue weighted by molar-refractivity contribution is 9.10. The molecule has 186 valence electrons. The van der Waals surface area contributed by atoms with Crippen LogP contribution in [0.15, 0.2) is 59.1 Å². The highest BCUT2D eigenvalue weighted by Crippen LogP contribution is 2.36. The van der Waals surface area contributed by atoms with E-state index in [2.05, 4.69) is 35.0 Å². The number of thioether (sulfide) groups is 1. The lowest BCUT2D eigenvalue weighted by atomic mass is 9.97. The van der Waals surface area contributed by atoms with Crippen molar-refractivity contribution >= 4 is 62.4 Å². The number of aromatic nitrogens is 1. The molecule has 6 nitrogen and oxygen atoms in total. The normalized spacial score (nSPS) is 18.8. The second kappa shape index (κ2) is 10.9. The third-order valence-electron chi connectivity index (χ3n) is 6.66. The first kappa shape index (κ1) is 25.2. The van der Waals surface area contributed by atoms with Gasteiger partial charge in [0.1, 0.15) is 0 Å². The predicted octanol–water partition coefficient (Wildman–Crippen LogP) is 5.65. The first-order valence-corrected chi connectivity index (χ1v) is 14.6. The minimum atomic E-state index is -0.505. The number of thiazole rings is 1. The third-order valence-corrected chi connectivity index (χ3v) is 9.50. The number of halogens is 1. The van der Waals surface area contributed by atoms with Crippen molar-refractivity contribution in [3.05, 3.63) is 69.0 Å². The van der Waals surface area contributed by atoms with E-state index >= 15 is 0 Å². The molecular formula is C27H26BrN3O3S2. The number of para-hydroxylation sites is 1. The molecule has 2 aromatic carbocycles. The average molecular weight is 585 g/mol. The van der Waals surface area contributed by atoms with Crippen molar-refractivity contribution in [2.75, 3.05) is 23.7 Å². The number of benzene rings is 2. The number of carbonyl (C=O) groups excluding carboxylic acids is 3. The Bertz CT molecular complexity index is 1270. The van der Waals surface area contributed by atoms with Crippen molar-refractivity contribution in [1.82, 2.24) is 9.88 Å². The molecular weight excluding hydrogens is 558 g/mol. The summed E-state index contributed by atoms with van der Waals surface area (Å²) in [5, 5.41) is 0.637. The SMILES string of the molecule is Cc1sc(C2CCN(C(=O)CSC3CC(=O)N(c4ccccc4)C3=O)CC2)nc1-c1ccc(Br)cc1. The van der Waals surface area contributed by atoms with Gasteiger partial charge in [-0.25, -0.2) is 9.88 Å². The van der Waals surface area contributed by atoms with Gasteiger partial charge in [-0.3, -0.25) is 14.4 Å². The second-order valence-corrected chi connectivity index (χ2v) is 12.4. The van der Waals surface area contributed by atoms with Crippen LogP contribution in [0.25, 0.3) is 11.3 Å². The van der Waals surface area contributed by atoms with Crippen LogP contribution in [0, 0.1) is 6.92 Å². The Hall–Kier alpha value is -2.49. The summed E-state index contributed by atoms with van der Waals surface area (Å²) in [6.07, 6.45) is 1.90. The molecule has 3 aromatic rings. The topological polar surface area (TPSA) is 70.6 Å². The molecule has 36 heavy (non-hydrogen) atoms. The zero-order valence-corrected chi connectivity index (χ0v) is 23.1. The van der Waals surface area contributed by atoms with Gasteiger partial charge in [0.2, 0.25) is 17.7 Å². The van der Waals surface area contributed by atoms with Gasteiger partial charge in [0, 0.05) is 40.3 Å². The standard InChI is InChI=1S/C27H26BrN3O3S2/c1-17-25(18-7-9-20(28)10-8-18)29-26(36-17)19-11-13-30(14-12-19)24(33)16-35-22-15-23(32)31(27(22)34)21-5-3-2-4-6-21/h2-10,19,22H,11-16H2,1H3. The largest absolute Gasteiger partial charge is 0.342 e. The van der Waals surface area contributed by atoms with Crippen LogP contribution in [0.2, 0.25) is 0 Å². The molecule has 9 heteroatoms. The highest BCUT2D eigenvalue weighted by atomic mass is 79.9. The lowest BCUT2D eigenvalue weighted by Crippen LogP contribution is -2.39. The monoisotopic (exact) mass is 583 g/mol. The van der Waals surface area contributed by atoms with E-state index in [1.54, 1.807) is 35.6 Å². The van der Waals surface area contributed by atoms with E-state index in [1.807, 2.05) is 23.1 Å². The molecule has 1 atom stereocenters. The van der Waals surface area contributed by atoms with Crippen LogP contribution in [-0.2, 0) is 14.4 Å². The van der Waals surface area contributed by atoms with Crippen molar-refractivity contribution in [2.24, 2.45) is 0 Å². The molecule has 2 fully saturated rings. The number of hydrogen-bond donors (Lipinski definition) is 0. The summed E-state index contributed by atoms with van der Waals surface area (Å²) in [6.45, 7) is 3.48. The Morgan fingerprint density at radius 2 is 1.78 bits per heavy atom. The number of rotatable bonds is 6. The number of imide groups is 1. The van der Waals surface area contributed by atoms with Crippen LogP contribution in [0.1, 0.15) is 35.1 Å². The van der Waals surface area contributed by atoms with Crippen LogP contribution in [0.4, 0.5) is 5.69 Å². The highest BCUT2D eigenvalue weighted by Gasteiger charge is 2.40. The molecule has 0 aliphatic carbocycles. The van der Waals surface area contributed by atoms with Crippen molar-refractivity contribution in [3.63, 3.8) is 0 Å². The second-order valence-electron chi connectivity index (χ2n) is 9.03. The maximum Gasteiger partial charge on any atom is 0.247 e. The van der Waals surface area contributed by atoms with Gasteiger partial charge in [0.15, 0.2) is 0 Å². The Morgan fingerprint density at radius 1 is 1.08 bits per heavy atom. The fourth-order valence-electron chi connectivity index (χ4n) is 4.69. The summed E-state index contributed by atoms with van der Waals surface area (Å²) in [7, 11) is 0. The molecule has 0 bridgehead atoms. The predicted molar refractivity (Wildman–Crippen MR) is 148 cm³/mol. The quantitative estimate of drug-likeness (QED) is 0.350.